The lowest BCUT2D eigenvalue weighted by atomic mass is 10.0. The first kappa shape index (κ1) is 32.2. The topological polar surface area (TPSA) is 159 Å². The summed E-state index contributed by atoms with van der Waals surface area (Å²) in [5.74, 6) is -0.938. The summed E-state index contributed by atoms with van der Waals surface area (Å²) >= 11 is 0. The zero-order valence-electron chi connectivity index (χ0n) is 22.0. The van der Waals surface area contributed by atoms with E-state index in [0.29, 0.717) is 36.9 Å². The van der Waals surface area contributed by atoms with Crippen molar-refractivity contribution in [2.45, 2.75) is 70.1 Å². The van der Waals surface area contributed by atoms with Crippen LogP contribution in [0.5, 0.6) is 0 Å². The van der Waals surface area contributed by atoms with Crippen molar-refractivity contribution in [1.82, 2.24) is 10.6 Å². The summed E-state index contributed by atoms with van der Waals surface area (Å²) in [5, 5.41) is 5.50. The van der Waals surface area contributed by atoms with Gasteiger partial charge in [-0.05, 0) is 55.4 Å². The smallest absolute Gasteiger partial charge is 0.352 e. The third-order valence-corrected chi connectivity index (χ3v) is 7.33. The zero-order chi connectivity index (χ0) is 29.2. The van der Waals surface area contributed by atoms with Crippen molar-refractivity contribution in [2.75, 3.05) is 6.54 Å². The average molecular weight is 568 g/mol. The van der Waals surface area contributed by atoms with E-state index in [1.807, 2.05) is 19.1 Å². The van der Waals surface area contributed by atoms with Crippen LogP contribution in [0.4, 0.5) is 8.78 Å². The van der Waals surface area contributed by atoms with Crippen molar-refractivity contribution in [1.29, 1.82) is 0 Å². The average Bonchev–Trinajstić information content (AvgIpc) is 2.91. The molecule has 2 aromatic carbocycles. The number of nitrogens with one attached hydrogen (secondary N) is 2. The SMILES string of the molecule is CCC(=O)C(CCCCNC(=O)c1ccc(CC)cc1)NC(=O)C(N)Cc1ccc(C(F)(F)P(=O)(O)O)cc1. The largest absolute Gasteiger partial charge is 0.399 e. The lowest BCUT2D eigenvalue weighted by Crippen LogP contribution is -2.49. The maximum Gasteiger partial charge on any atom is 0.399 e. The zero-order valence-corrected chi connectivity index (χ0v) is 22.9. The van der Waals surface area contributed by atoms with E-state index in [1.54, 1.807) is 19.1 Å². The summed E-state index contributed by atoms with van der Waals surface area (Å²) in [6, 6.07) is 9.71. The van der Waals surface area contributed by atoms with Gasteiger partial charge in [0.25, 0.3) is 5.91 Å². The van der Waals surface area contributed by atoms with Gasteiger partial charge in [-0.3, -0.25) is 18.9 Å². The summed E-state index contributed by atoms with van der Waals surface area (Å²) in [7, 11) is -5.69. The van der Waals surface area contributed by atoms with Gasteiger partial charge in [-0.15, -0.1) is 0 Å². The van der Waals surface area contributed by atoms with Crippen molar-refractivity contribution >= 4 is 25.2 Å². The highest BCUT2D eigenvalue weighted by Gasteiger charge is 2.50. The highest BCUT2D eigenvalue weighted by atomic mass is 31.2. The van der Waals surface area contributed by atoms with Crippen LogP contribution >= 0.6 is 7.60 Å². The number of rotatable bonds is 15. The Labute approximate surface area is 226 Å². The molecule has 0 fully saturated rings. The van der Waals surface area contributed by atoms with Gasteiger partial charge >= 0.3 is 13.3 Å². The summed E-state index contributed by atoms with van der Waals surface area (Å²) in [4.78, 5) is 55.0. The number of nitrogens with two attached hydrogens (primary N) is 1. The van der Waals surface area contributed by atoms with Crippen LogP contribution in [0.3, 0.4) is 0 Å². The Morgan fingerprint density at radius 2 is 1.56 bits per heavy atom. The molecular formula is C27H36F2N3O6P. The number of amides is 2. The highest BCUT2D eigenvalue weighted by molar-refractivity contribution is 7.52. The van der Waals surface area contributed by atoms with Crippen LogP contribution in [0.15, 0.2) is 48.5 Å². The number of halogens is 2. The fraction of sp³-hybridized carbons (Fsp3) is 0.444. The molecule has 0 aliphatic rings. The van der Waals surface area contributed by atoms with Crippen molar-refractivity contribution in [2.24, 2.45) is 5.73 Å². The van der Waals surface area contributed by atoms with Crippen molar-refractivity contribution in [3.63, 3.8) is 0 Å². The lowest BCUT2D eigenvalue weighted by molar-refractivity contribution is -0.128. The van der Waals surface area contributed by atoms with E-state index < -0.39 is 36.8 Å². The second kappa shape index (κ2) is 14.4. The predicted octanol–water partition coefficient (Wildman–Crippen LogP) is 3.41. The maximum absolute atomic E-state index is 13.8. The van der Waals surface area contributed by atoms with Crippen molar-refractivity contribution in [3.8, 4) is 0 Å². The molecule has 2 amide bonds. The van der Waals surface area contributed by atoms with Crippen molar-refractivity contribution in [3.05, 3.63) is 70.8 Å². The van der Waals surface area contributed by atoms with E-state index >= 15 is 0 Å². The number of carbonyl (C=O) groups is 3. The number of aryl methyl sites for hydroxylation is 1. The normalized spacial score (nSPS) is 13.4. The molecule has 0 saturated heterocycles. The molecule has 0 aliphatic heterocycles. The van der Waals surface area contributed by atoms with Crippen LogP contribution in [-0.4, -0.2) is 46.0 Å². The Kier molecular flexibility index (Phi) is 11.9. The molecule has 39 heavy (non-hydrogen) atoms. The van der Waals surface area contributed by atoms with Crippen LogP contribution in [0.2, 0.25) is 0 Å². The quantitative estimate of drug-likeness (QED) is 0.163. The first-order chi connectivity index (χ1) is 18.3. The van der Waals surface area contributed by atoms with Crippen LogP contribution in [0.25, 0.3) is 0 Å². The molecule has 0 saturated carbocycles. The van der Waals surface area contributed by atoms with Gasteiger partial charge in [-0.2, -0.15) is 8.78 Å². The van der Waals surface area contributed by atoms with Gasteiger partial charge in [0, 0.05) is 24.1 Å². The Balaban J connectivity index is 1.85. The molecule has 0 aromatic heterocycles. The van der Waals surface area contributed by atoms with Gasteiger partial charge in [0.05, 0.1) is 12.1 Å². The molecule has 2 unspecified atom stereocenters. The number of alkyl halides is 2. The Morgan fingerprint density at radius 3 is 2.10 bits per heavy atom. The Morgan fingerprint density at radius 1 is 0.974 bits per heavy atom. The summed E-state index contributed by atoms with van der Waals surface area (Å²) in [6.45, 7) is 4.12. The number of carbonyl (C=O) groups excluding carboxylic acids is 3. The second-order valence-electron chi connectivity index (χ2n) is 9.28. The Hall–Kier alpha value is -2.98. The minimum Gasteiger partial charge on any atom is -0.352 e. The molecule has 0 aliphatic carbocycles. The molecule has 2 atom stereocenters. The number of hydrogen-bond donors (Lipinski definition) is 5. The van der Waals surface area contributed by atoms with Gasteiger partial charge in [0.1, 0.15) is 0 Å². The van der Waals surface area contributed by atoms with E-state index in [-0.39, 0.29) is 24.5 Å². The number of unbranched alkanes of at least 4 members (excludes halogenated alkanes) is 1. The third-order valence-electron chi connectivity index (χ3n) is 6.34. The van der Waals surface area contributed by atoms with Crippen molar-refractivity contribution < 1.29 is 37.5 Å². The summed E-state index contributed by atoms with van der Waals surface area (Å²) in [5.41, 5.74) is 2.90. The van der Waals surface area contributed by atoms with E-state index in [1.165, 1.54) is 12.1 Å². The van der Waals surface area contributed by atoms with Gasteiger partial charge in [-0.1, -0.05) is 50.2 Å². The molecular weight excluding hydrogens is 531 g/mol. The van der Waals surface area contributed by atoms with Crippen LogP contribution in [0.1, 0.15) is 66.6 Å². The molecule has 12 heteroatoms. The molecule has 0 radical (unpaired) electrons. The maximum atomic E-state index is 13.8. The Bertz CT molecular complexity index is 1170. The molecule has 9 nitrogen and oxygen atoms in total. The molecule has 0 heterocycles. The predicted molar refractivity (Wildman–Crippen MR) is 143 cm³/mol. The van der Waals surface area contributed by atoms with Gasteiger partial charge in [0.2, 0.25) is 5.91 Å². The highest BCUT2D eigenvalue weighted by Crippen LogP contribution is 2.59. The number of Topliss-reactive ketones (excluding diaryl/α,β-unsaturated/α-hetero) is 1. The first-order valence-electron chi connectivity index (χ1n) is 12.8. The third kappa shape index (κ3) is 9.32. The molecule has 2 aromatic rings. The lowest BCUT2D eigenvalue weighted by Gasteiger charge is -2.20. The van der Waals surface area contributed by atoms with E-state index in [2.05, 4.69) is 10.6 Å². The summed E-state index contributed by atoms with van der Waals surface area (Å²) in [6.07, 6.45) is 2.58. The van der Waals surface area contributed by atoms with Crippen LogP contribution in [0, 0.1) is 0 Å². The van der Waals surface area contributed by atoms with Gasteiger partial charge in [0.15, 0.2) is 5.78 Å². The van der Waals surface area contributed by atoms with E-state index in [9.17, 15) is 27.7 Å². The molecule has 0 spiro atoms. The number of hydrogen-bond acceptors (Lipinski definition) is 5. The second-order valence-corrected chi connectivity index (χ2v) is 10.9. The standard InChI is InChI=1S/C27H36F2N3O6P/c1-3-18-8-12-20(13-9-18)25(34)31-16-6-5-7-23(24(33)4-2)32-26(35)22(30)17-19-10-14-21(15-11-19)27(28,29)39(36,37)38/h8-15,22-23H,3-7,16-17,30H2,1-2H3,(H,31,34)(H,32,35)(H2,36,37,38). The van der Waals surface area contributed by atoms with E-state index in [0.717, 1.165) is 24.1 Å². The van der Waals surface area contributed by atoms with Gasteiger partial charge in [-0.25, -0.2) is 0 Å². The molecule has 0 bridgehead atoms. The minimum absolute atomic E-state index is 0.0358. The van der Waals surface area contributed by atoms with Crippen LogP contribution < -0.4 is 16.4 Å². The first-order valence-corrected chi connectivity index (χ1v) is 14.4. The monoisotopic (exact) mass is 567 g/mol. The summed E-state index contributed by atoms with van der Waals surface area (Å²) < 4.78 is 38.7. The number of ketones is 1. The minimum atomic E-state index is -5.69. The molecule has 6 N–H and O–H groups in total. The molecule has 2 rings (SSSR count). The fourth-order valence-corrected chi connectivity index (χ4v) is 4.35. The molecule has 214 valence electrons. The van der Waals surface area contributed by atoms with Crippen LogP contribution in [-0.2, 0) is 32.7 Å². The fourth-order valence-electron chi connectivity index (χ4n) is 3.86. The van der Waals surface area contributed by atoms with E-state index in [4.69, 9.17) is 15.5 Å². The van der Waals surface area contributed by atoms with Gasteiger partial charge < -0.3 is 26.2 Å². The number of benzene rings is 2.